The van der Waals surface area contributed by atoms with Crippen molar-refractivity contribution in [1.82, 2.24) is 5.43 Å². The molecule has 1 N–H and O–H groups in total. The second-order valence-corrected chi connectivity index (χ2v) is 5.80. The summed E-state index contributed by atoms with van der Waals surface area (Å²) >= 11 is 0. The smallest absolute Gasteiger partial charge is 0.267 e. The summed E-state index contributed by atoms with van der Waals surface area (Å²) in [6.07, 6.45) is 0. The van der Waals surface area contributed by atoms with Crippen LogP contribution in [0.25, 0.3) is 11.1 Å². The highest BCUT2D eigenvalue weighted by Gasteiger charge is 2.24. The Morgan fingerprint density at radius 1 is 0.808 bits per heavy atom. The normalized spacial score (nSPS) is 11.5. The van der Waals surface area contributed by atoms with E-state index >= 15 is 0 Å². The van der Waals surface area contributed by atoms with Crippen molar-refractivity contribution in [2.75, 3.05) is 0 Å². The van der Waals surface area contributed by atoms with Crippen molar-refractivity contribution in [3.63, 3.8) is 0 Å². The quantitative estimate of drug-likeness (QED) is 0.454. The average Bonchev–Trinajstić information content (AvgIpc) is 3.00. The Labute approximate surface area is 148 Å². The SMILES string of the molecule is O=C(NN=C1c2ccccc2-c2ccccc21)c1ccc([N+](=O)[O-])cc1. The molecule has 3 aromatic carbocycles. The summed E-state index contributed by atoms with van der Waals surface area (Å²) in [5.74, 6) is -0.422. The first-order valence-electron chi connectivity index (χ1n) is 7.97. The minimum absolute atomic E-state index is 0.0634. The molecule has 3 aromatic rings. The number of hydrogen-bond donors (Lipinski definition) is 1. The molecule has 0 saturated heterocycles. The van der Waals surface area contributed by atoms with Gasteiger partial charge in [-0.15, -0.1) is 0 Å². The molecule has 0 saturated carbocycles. The van der Waals surface area contributed by atoms with Crippen molar-refractivity contribution >= 4 is 17.3 Å². The van der Waals surface area contributed by atoms with E-state index in [4.69, 9.17) is 0 Å². The monoisotopic (exact) mass is 343 g/mol. The fourth-order valence-corrected chi connectivity index (χ4v) is 3.02. The van der Waals surface area contributed by atoms with E-state index in [1.807, 2.05) is 48.5 Å². The van der Waals surface area contributed by atoms with E-state index in [-0.39, 0.29) is 5.69 Å². The van der Waals surface area contributed by atoms with Crippen LogP contribution in [0.4, 0.5) is 5.69 Å². The zero-order chi connectivity index (χ0) is 18.1. The van der Waals surface area contributed by atoms with Gasteiger partial charge < -0.3 is 0 Å². The van der Waals surface area contributed by atoms with Gasteiger partial charge in [0.15, 0.2) is 0 Å². The maximum atomic E-state index is 12.3. The third-order valence-electron chi connectivity index (χ3n) is 4.26. The van der Waals surface area contributed by atoms with Gasteiger partial charge in [0.25, 0.3) is 11.6 Å². The van der Waals surface area contributed by atoms with Gasteiger partial charge in [-0.25, -0.2) is 5.43 Å². The highest BCUT2D eigenvalue weighted by atomic mass is 16.6. The molecular weight excluding hydrogens is 330 g/mol. The van der Waals surface area contributed by atoms with E-state index in [0.29, 0.717) is 11.3 Å². The molecule has 0 atom stereocenters. The fraction of sp³-hybridized carbons (Fsp3) is 0. The van der Waals surface area contributed by atoms with Gasteiger partial charge in [0.1, 0.15) is 0 Å². The van der Waals surface area contributed by atoms with Crippen LogP contribution < -0.4 is 5.43 Å². The second kappa shape index (κ2) is 6.25. The van der Waals surface area contributed by atoms with E-state index in [1.54, 1.807) is 0 Å². The molecule has 126 valence electrons. The summed E-state index contributed by atoms with van der Waals surface area (Å²) in [5, 5.41) is 15.0. The second-order valence-electron chi connectivity index (χ2n) is 5.80. The highest BCUT2D eigenvalue weighted by molar-refractivity contribution is 6.24. The van der Waals surface area contributed by atoms with Crippen molar-refractivity contribution in [2.45, 2.75) is 0 Å². The minimum atomic E-state index is -0.506. The number of hydrazone groups is 1. The summed E-state index contributed by atoms with van der Waals surface area (Å²) < 4.78 is 0. The number of carbonyl (C=O) groups excluding carboxylic acids is 1. The third kappa shape index (κ3) is 2.63. The van der Waals surface area contributed by atoms with Crippen LogP contribution in [0.15, 0.2) is 77.9 Å². The Morgan fingerprint density at radius 3 is 1.81 bits per heavy atom. The van der Waals surface area contributed by atoms with E-state index < -0.39 is 10.8 Å². The molecule has 1 aliphatic carbocycles. The number of nitrogens with one attached hydrogen (secondary N) is 1. The number of hydrogen-bond acceptors (Lipinski definition) is 4. The number of benzene rings is 3. The van der Waals surface area contributed by atoms with Gasteiger partial charge in [0, 0.05) is 28.8 Å². The van der Waals surface area contributed by atoms with Gasteiger partial charge >= 0.3 is 0 Å². The van der Waals surface area contributed by atoms with Crippen molar-refractivity contribution in [1.29, 1.82) is 0 Å². The predicted molar refractivity (Wildman–Crippen MR) is 98.1 cm³/mol. The average molecular weight is 343 g/mol. The molecule has 0 aromatic heterocycles. The summed E-state index contributed by atoms with van der Waals surface area (Å²) in [6, 6.07) is 21.2. The fourth-order valence-electron chi connectivity index (χ4n) is 3.02. The summed E-state index contributed by atoms with van der Waals surface area (Å²) in [5.41, 5.74) is 7.56. The largest absolute Gasteiger partial charge is 0.271 e. The molecule has 4 rings (SSSR count). The Balaban J connectivity index is 1.64. The molecular formula is C20H13N3O3. The zero-order valence-corrected chi connectivity index (χ0v) is 13.5. The van der Waals surface area contributed by atoms with Crippen LogP contribution >= 0.6 is 0 Å². The Kier molecular flexibility index (Phi) is 3.78. The predicted octanol–water partition coefficient (Wildman–Crippen LogP) is 3.76. The molecule has 1 amide bonds. The molecule has 0 fully saturated rings. The third-order valence-corrected chi connectivity index (χ3v) is 4.26. The van der Waals surface area contributed by atoms with E-state index in [1.165, 1.54) is 24.3 Å². The number of nitro benzene ring substituents is 1. The van der Waals surface area contributed by atoms with Gasteiger partial charge in [-0.1, -0.05) is 48.5 Å². The van der Waals surface area contributed by atoms with Gasteiger partial charge in [-0.05, 0) is 23.3 Å². The van der Waals surface area contributed by atoms with Crippen LogP contribution in [0.1, 0.15) is 21.5 Å². The van der Waals surface area contributed by atoms with Gasteiger partial charge in [0.05, 0.1) is 10.6 Å². The first-order valence-corrected chi connectivity index (χ1v) is 7.97. The molecule has 0 spiro atoms. The molecule has 0 aliphatic heterocycles. The maximum Gasteiger partial charge on any atom is 0.271 e. The van der Waals surface area contributed by atoms with Crippen LogP contribution in [-0.2, 0) is 0 Å². The number of rotatable bonds is 3. The van der Waals surface area contributed by atoms with E-state index in [0.717, 1.165) is 22.3 Å². The maximum absolute atomic E-state index is 12.3. The summed E-state index contributed by atoms with van der Waals surface area (Å²) in [6.45, 7) is 0. The number of fused-ring (bicyclic) bond motifs is 3. The van der Waals surface area contributed by atoms with Crippen molar-refractivity contribution in [3.8, 4) is 11.1 Å². The minimum Gasteiger partial charge on any atom is -0.267 e. The van der Waals surface area contributed by atoms with Gasteiger partial charge in [0.2, 0.25) is 0 Å². The van der Waals surface area contributed by atoms with E-state index in [2.05, 4.69) is 10.5 Å². The molecule has 0 bridgehead atoms. The lowest BCUT2D eigenvalue weighted by Crippen LogP contribution is -2.19. The van der Waals surface area contributed by atoms with Crippen LogP contribution in [-0.4, -0.2) is 16.5 Å². The summed E-state index contributed by atoms with van der Waals surface area (Å²) in [4.78, 5) is 22.5. The van der Waals surface area contributed by atoms with Gasteiger partial charge in [-0.3, -0.25) is 14.9 Å². The molecule has 0 unspecified atom stereocenters. The summed E-state index contributed by atoms with van der Waals surface area (Å²) in [7, 11) is 0. The van der Waals surface area contributed by atoms with Crippen molar-refractivity contribution < 1.29 is 9.72 Å². The van der Waals surface area contributed by atoms with E-state index in [9.17, 15) is 14.9 Å². The molecule has 0 radical (unpaired) electrons. The molecule has 1 aliphatic rings. The van der Waals surface area contributed by atoms with Gasteiger partial charge in [-0.2, -0.15) is 5.10 Å². The van der Waals surface area contributed by atoms with Crippen molar-refractivity contribution in [3.05, 3.63) is 99.6 Å². The van der Waals surface area contributed by atoms with Crippen molar-refractivity contribution in [2.24, 2.45) is 5.10 Å². The Hall–Kier alpha value is -3.80. The first kappa shape index (κ1) is 15.7. The first-order chi connectivity index (χ1) is 12.6. The Bertz CT molecular complexity index is 1010. The standard InChI is InChI=1S/C20H13N3O3/c24-20(13-9-11-14(12-10-13)23(25)26)22-21-19-17-7-3-1-5-15(17)16-6-2-4-8-18(16)19/h1-12H,(H,22,24). The molecule has 6 nitrogen and oxygen atoms in total. The van der Waals surface area contributed by atoms with Crippen LogP contribution in [0.3, 0.4) is 0 Å². The molecule has 26 heavy (non-hydrogen) atoms. The lowest BCUT2D eigenvalue weighted by Gasteiger charge is -2.04. The lowest BCUT2D eigenvalue weighted by atomic mass is 10.1. The van der Waals surface area contributed by atoms with Crippen LogP contribution in [0, 0.1) is 10.1 Å². The Morgan fingerprint density at radius 2 is 1.31 bits per heavy atom. The number of nitrogens with zero attached hydrogens (tertiary/aromatic N) is 2. The zero-order valence-electron chi connectivity index (χ0n) is 13.5. The number of non-ortho nitro benzene ring substituents is 1. The lowest BCUT2D eigenvalue weighted by molar-refractivity contribution is -0.384. The van der Waals surface area contributed by atoms with Crippen LogP contribution in [0.5, 0.6) is 0 Å². The topological polar surface area (TPSA) is 84.6 Å². The molecule has 0 heterocycles. The number of amides is 1. The van der Waals surface area contributed by atoms with Crippen LogP contribution in [0.2, 0.25) is 0 Å². The number of nitro groups is 1. The molecule has 6 heteroatoms. The highest BCUT2D eigenvalue weighted by Crippen LogP contribution is 2.36. The number of carbonyl (C=O) groups is 1.